The van der Waals surface area contributed by atoms with Gasteiger partial charge in [0.15, 0.2) is 0 Å². The summed E-state index contributed by atoms with van der Waals surface area (Å²) in [6, 6.07) is 0.440. The Labute approximate surface area is 141 Å². The molecule has 0 bridgehead atoms. The molecule has 23 heavy (non-hydrogen) atoms. The summed E-state index contributed by atoms with van der Waals surface area (Å²) < 4.78 is 0. The third-order valence-corrected chi connectivity index (χ3v) is 6.36. The van der Waals surface area contributed by atoms with Crippen molar-refractivity contribution in [3.05, 3.63) is 0 Å². The summed E-state index contributed by atoms with van der Waals surface area (Å²) in [6.07, 6.45) is 11.6. The van der Waals surface area contributed by atoms with E-state index < -0.39 is 5.60 Å². The Morgan fingerprint density at radius 2 is 1.78 bits per heavy atom. The lowest BCUT2D eigenvalue weighted by Crippen LogP contribution is -2.54. The molecule has 1 saturated carbocycles. The van der Waals surface area contributed by atoms with E-state index in [0.717, 1.165) is 51.9 Å². The van der Waals surface area contributed by atoms with E-state index in [1.54, 1.807) is 6.92 Å². The molecule has 1 amide bonds. The topological polar surface area (TPSA) is 43.8 Å². The molecule has 2 saturated heterocycles. The van der Waals surface area contributed by atoms with Gasteiger partial charge in [-0.1, -0.05) is 32.1 Å². The number of rotatable bonds is 2. The normalized spacial score (nSPS) is 32.7. The van der Waals surface area contributed by atoms with Gasteiger partial charge in [0.25, 0.3) is 0 Å². The van der Waals surface area contributed by atoms with Crippen LogP contribution in [0.25, 0.3) is 0 Å². The number of nitrogens with zero attached hydrogens (tertiary/aromatic N) is 2. The Bertz CT molecular complexity index is 404. The molecule has 2 aliphatic heterocycles. The Kier molecular flexibility index (Phi) is 5.63. The Hall–Kier alpha value is -0.610. The van der Waals surface area contributed by atoms with Crippen LogP contribution in [-0.2, 0) is 4.79 Å². The number of fused-ring (bicyclic) bond motifs is 1. The monoisotopic (exact) mass is 322 g/mol. The van der Waals surface area contributed by atoms with Gasteiger partial charge in [-0.25, -0.2) is 0 Å². The molecule has 0 aromatic rings. The molecular formula is C19H34N2O2. The lowest BCUT2D eigenvalue weighted by atomic mass is 9.86. The molecule has 132 valence electrons. The number of likely N-dealkylation sites (tertiary alicyclic amines) is 2. The number of aliphatic hydroxyl groups is 1. The fourth-order valence-electron chi connectivity index (χ4n) is 5.14. The number of amides is 1. The standard InChI is InChI=1S/C19H34N2O2/c1-16(22)21-12-7-4-8-17-14-20(13-9-18(17)21)15-19(23)10-5-2-3-6-11-19/h17-18,23H,2-15H2,1H3/t17-,18+/m0/s1. The molecule has 3 fully saturated rings. The quantitative estimate of drug-likeness (QED) is 0.795. The molecule has 0 aromatic carbocycles. The van der Waals surface area contributed by atoms with Crippen molar-refractivity contribution in [2.45, 2.75) is 82.8 Å². The first-order valence-corrected chi connectivity index (χ1v) is 9.79. The lowest BCUT2D eigenvalue weighted by molar-refractivity contribution is -0.133. The Morgan fingerprint density at radius 1 is 1.04 bits per heavy atom. The molecular weight excluding hydrogens is 288 g/mol. The molecule has 0 spiro atoms. The van der Waals surface area contributed by atoms with Gasteiger partial charge in [0.2, 0.25) is 5.91 Å². The van der Waals surface area contributed by atoms with Crippen LogP contribution in [0.1, 0.15) is 71.1 Å². The summed E-state index contributed by atoms with van der Waals surface area (Å²) in [5.41, 5.74) is -0.464. The summed E-state index contributed by atoms with van der Waals surface area (Å²) in [6.45, 7) is 5.61. The van der Waals surface area contributed by atoms with Crippen molar-refractivity contribution < 1.29 is 9.90 Å². The van der Waals surface area contributed by atoms with E-state index in [4.69, 9.17) is 0 Å². The highest BCUT2D eigenvalue weighted by atomic mass is 16.3. The van der Waals surface area contributed by atoms with Gasteiger partial charge in [-0.15, -0.1) is 0 Å². The maximum Gasteiger partial charge on any atom is 0.219 e. The minimum Gasteiger partial charge on any atom is -0.389 e. The average molecular weight is 322 g/mol. The second-order valence-electron chi connectivity index (χ2n) is 8.20. The van der Waals surface area contributed by atoms with Crippen LogP contribution in [0.3, 0.4) is 0 Å². The first-order valence-electron chi connectivity index (χ1n) is 9.79. The summed E-state index contributed by atoms with van der Waals surface area (Å²) in [7, 11) is 0. The molecule has 2 heterocycles. The van der Waals surface area contributed by atoms with Crippen molar-refractivity contribution in [2.24, 2.45) is 5.92 Å². The number of hydrogen-bond donors (Lipinski definition) is 1. The molecule has 0 unspecified atom stereocenters. The average Bonchev–Trinajstić information content (AvgIpc) is 2.85. The van der Waals surface area contributed by atoms with Crippen molar-refractivity contribution in [1.29, 1.82) is 0 Å². The van der Waals surface area contributed by atoms with Crippen molar-refractivity contribution in [3.8, 4) is 0 Å². The van der Waals surface area contributed by atoms with Gasteiger partial charge in [0.05, 0.1) is 5.60 Å². The van der Waals surface area contributed by atoms with Gasteiger partial charge in [-0.05, 0) is 38.0 Å². The van der Waals surface area contributed by atoms with Gasteiger partial charge in [-0.2, -0.15) is 0 Å². The van der Waals surface area contributed by atoms with E-state index >= 15 is 0 Å². The van der Waals surface area contributed by atoms with Crippen LogP contribution in [-0.4, -0.2) is 58.6 Å². The Morgan fingerprint density at radius 3 is 2.48 bits per heavy atom. The zero-order valence-corrected chi connectivity index (χ0v) is 14.8. The third kappa shape index (κ3) is 4.27. The number of hydrogen-bond acceptors (Lipinski definition) is 3. The fraction of sp³-hybridized carbons (Fsp3) is 0.947. The van der Waals surface area contributed by atoms with Crippen LogP contribution in [0.15, 0.2) is 0 Å². The number of piperidine rings is 1. The van der Waals surface area contributed by atoms with E-state index in [9.17, 15) is 9.90 Å². The van der Waals surface area contributed by atoms with Crippen LogP contribution >= 0.6 is 0 Å². The van der Waals surface area contributed by atoms with Crippen LogP contribution < -0.4 is 0 Å². The summed E-state index contributed by atoms with van der Waals surface area (Å²) >= 11 is 0. The minimum atomic E-state index is -0.464. The molecule has 2 atom stereocenters. The summed E-state index contributed by atoms with van der Waals surface area (Å²) in [4.78, 5) is 16.6. The van der Waals surface area contributed by atoms with E-state index in [2.05, 4.69) is 9.80 Å². The highest BCUT2D eigenvalue weighted by Gasteiger charge is 2.38. The predicted molar refractivity (Wildman–Crippen MR) is 92.2 cm³/mol. The van der Waals surface area contributed by atoms with Crippen LogP contribution in [0.4, 0.5) is 0 Å². The molecule has 1 N–H and O–H groups in total. The molecule has 4 heteroatoms. The van der Waals surface area contributed by atoms with Crippen molar-refractivity contribution >= 4 is 5.91 Å². The summed E-state index contributed by atoms with van der Waals surface area (Å²) in [5, 5.41) is 11.0. The zero-order valence-electron chi connectivity index (χ0n) is 14.8. The lowest BCUT2D eigenvalue weighted by Gasteiger charge is -2.44. The number of carbonyl (C=O) groups excluding carboxylic acids is 1. The highest BCUT2D eigenvalue weighted by molar-refractivity contribution is 5.73. The van der Waals surface area contributed by atoms with E-state index in [-0.39, 0.29) is 5.91 Å². The van der Waals surface area contributed by atoms with E-state index in [1.807, 2.05) is 0 Å². The molecule has 0 radical (unpaired) electrons. The second-order valence-corrected chi connectivity index (χ2v) is 8.20. The molecule has 3 rings (SSSR count). The number of β-amino-alcohol motifs (C(OH)–C–C–N with tert-alkyl or cyclic N) is 1. The third-order valence-electron chi connectivity index (χ3n) is 6.36. The molecule has 1 aliphatic carbocycles. The molecule has 0 aromatic heterocycles. The van der Waals surface area contributed by atoms with Crippen molar-refractivity contribution in [2.75, 3.05) is 26.2 Å². The van der Waals surface area contributed by atoms with Crippen LogP contribution in [0.2, 0.25) is 0 Å². The Balaban J connectivity index is 1.61. The smallest absolute Gasteiger partial charge is 0.219 e. The SMILES string of the molecule is CC(=O)N1CCCC[C@H]2CN(CC3(O)CCCCCC3)CC[C@H]21. The van der Waals surface area contributed by atoms with E-state index in [1.165, 1.54) is 38.5 Å². The van der Waals surface area contributed by atoms with Gasteiger partial charge in [0.1, 0.15) is 0 Å². The van der Waals surface area contributed by atoms with Gasteiger partial charge < -0.3 is 14.9 Å². The molecule has 4 nitrogen and oxygen atoms in total. The number of carbonyl (C=O) groups is 1. The second kappa shape index (κ2) is 7.52. The highest BCUT2D eigenvalue weighted by Crippen LogP contribution is 2.33. The van der Waals surface area contributed by atoms with Crippen molar-refractivity contribution in [1.82, 2.24) is 9.80 Å². The summed E-state index contributed by atoms with van der Waals surface area (Å²) in [5.74, 6) is 0.849. The van der Waals surface area contributed by atoms with Crippen molar-refractivity contribution in [3.63, 3.8) is 0 Å². The molecule has 3 aliphatic rings. The van der Waals surface area contributed by atoms with Crippen LogP contribution in [0.5, 0.6) is 0 Å². The van der Waals surface area contributed by atoms with Crippen LogP contribution in [0, 0.1) is 5.92 Å². The van der Waals surface area contributed by atoms with Gasteiger partial charge >= 0.3 is 0 Å². The predicted octanol–water partition coefficient (Wildman–Crippen LogP) is 2.79. The minimum absolute atomic E-state index is 0.248. The maximum atomic E-state index is 12.0. The maximum absolute atomic E-state index is 12.0. The fourth-order valence-corrected chi connectivity index (χ4v) is 5.14. The van der Waals surface area contributed by atoms with Gasteiger partial charge in [0, 0.05) is 39.1 Å². The first kappa shape index (κ1) is 17.2. The largest absolute Gasteiger partial charge is 0.389 e. The van der Waals surface area contributed by atoms with E-state index in [0.29, 0.717) is 12.0 Å². The van der Waals surface area contributed by atoms with Gasteiger partial charge in [-0.3, -0.25) is 4.79 Å². The zero-order chi connectivity index (χ0) is 16.3. The first-order chi connectivity index (χ1) is 11.1.